The van der Waals surface area contributed by atoms with Gasteiger partial charge in [-0.25, -0.2) is 0 Å². The van der Waals surface area contributed by atoms with E-state index in [9.17, 15) is 14.7 Å². The summed E-state index contributed by atoms with van der Waals surface area (Å²) >= 11 is 0. The number of rotatable bonds is 37. The second kappa shape index (κ2) is 35.5. The number of aliphatic hydroxyl groups is 1. The van der Waals surface area contributed by atoms with Crippen molar-refractivity contribution in [2.24, 2.45) is 0 Å². The number of carbonyl (C=O) groups excluding carboxylic acids is 2. The van der Waals surface area contributed by atoms with Gasteiger partial charge in [-0.3, -0.25) is 9.59 Å². The van der Waals surface area contributed by atoms with Crippen LogP contribution in [0.5, 0.6) is 0 Å². The molecule has 6 heteroatoms. The highest BCUT2D eigenvalue weighted by atomic mass is 16.6. The van der Waals surface area contributed by atoms with Crippen molar-refractivity contribution in [3.05, 3.63) is 36.5 Å². The first-order valence-corrected chi connectivity index (χ1v) is 21.2. The van der Waals surface area contributed by atoms with Crippen molar-refractivity contribution in [1.29, 1.82) is 0 Å². The Morgan fingerprint density at radius 2 is 0.960 bits per heavy atom. The van der Waals surface area contributed by atoms with Crippen LogP contribution in [0.25, 0.3) is 0 Å². The highest BCUT2D eigenvalue weighted by molar-refractivity contribution is 5.69. The Bertz CT molecular complexity index is 865. The predicted molar refractivity (Wildman–Crippen MR) is 209 cm³/mol. The van der Waals surface area contributed by atoms with Gasteiger partial charge in [0.15, 0.2) is 0 Å². The summed E-state index contributed by atoms with van der Waals surface area (Å²) in [5.74, 6) is -0.627. The van der Waals surface area contributed by atoms with Gasteiger partial charge in [0, 0.05) is 12.8 Å². The second-order valence-corrected chi connectivity index (χ2v) is 14.5. The van der Waals surface area contributed by atoms with Crippen LogP contribution < -0.4 is 0 Å². The summed E-state index contributed by atoms with van der Waals surface area (Å²) in [5, 5.41) is 10.0. The van der Waals surface area contributed by atoms with E-state index in [1.807, 2.05) is 0 Å². The minimum Gasteiger partial charge on any atom is -0.463 e. The second-order valence-electron chi connectivity index (χ2n) is 14.5. The minimum atomic E-state index is -0.987. The maximum atomic E-state index is 12.0. The molecular formula is C44H78O6. The Balaban J connectivity index is 1.83. The number of aliphatic hydroxyl groups excluding tert-OH is 1. The highest BCUT2D eigenvalue weighted by Crippen LogP contribution is 2.30. The predicted octanol–water partition coefficient (Wildman–Crippen LogP) is 12.2. The van der Waals surface area contributed by atoms with Gasteiger partial charge in [-0.1, -0.05) is 179 Å². The highest BCUT2D eigenvalue weighted by Gasteiger charge is 2.36. The zero-order valence-electron chi connectivity index (χ0n) is 32.6. The van der Waals surface area contributed by atoms with Gasteiger partial charge in [-0.05, 0) is 44.9 Å². The van der Waals surface area contributed by atoms with E-state index in [2.05, 4.69) is 50.3 Å². The van der Waals surface area contributed by atoms with Gasteiger partial charge in [0.1, 0.15) is 19.3 Å². The molecule has 0 aliphatic carbocycles. The lowest BCUT2D eigenvalue weighted by Crippen LogP contribution is -2.25. The van der Waals surface area contributed by atoms with Crippen LogP contribution in [0.15, 0.2) is 36.5 Å². The van der Waals surface area contributed by atoms with E-state index < -0.39 is 6.10 Å². The zero-order chi connectivity index (χ0) is 36.2. The van der Waals surface area contributed by atoms with E-state index in [0.717, 1.165) is 44.9 Å². The molecule has 0 aromatic heterocycles. The van der Waals surface area contributed by atoms with Crippen molar-refractivity contribution in [2.75, 3.05) is 13.2 Å². The fourth-order valence-corrected chi connectivity index (χ4v) is 6.23. The third-order valence-corrected chi connectivity index (χ3v) is 9.55. The molecule has 50 heavy (non-hydrogen) atoms. The third-order valence-electron chi connectivity index (χ3n) is 9.55. The van der Waals surface area contributed by atoms with Crippen molar-refractivity contribution in [3.63, 3.8) is 0 Å². The minimum absolute atomic E-state index is 0.133. The van der Waals surface area contributed by atoms with E-state index in [4.69, 9.17) is 14.2 Å². The van der Waals surface area contributed by atoms with Gasteiger partial charge in [0.25, 0.3) is 0 Å². The largest absolute Gasteiger partial charge is 0.463 e. The first-order valence-electron chi connectivity index (χ1n) is 21.2. The summed E-state index contributed by atoms with van der Waals surface area (Å²) in [6.07, 6.45) is 46.7. The van der Waals surface area contributed by atoms with Crippen molar-refractivity contribution >= 4 is 11.9 Å². The number of unbranched alkanes of at least 4 members (excludes halogenated alkanes) is 20. The standard InChI is InChI=1S/C44H78O6/c1-3-5-7-8-9-10-11-12-13-14-15-16-17-18-22-25-28-32-36-43(46)48-38-40(45)39-49-44(47)37-33-29-26-23-20-19-21-24-27-31-35-42-41(50-42)34-30-6-4-2/h19,21,23,26-27,31,40-42,45H,3-18,20,22,24-25,28-30,32-39H2,1-2H3/b21-19-,26-23-,31-27-/t40-,41?,42?/m0/s1. The lowest BCUT2D eigenvalue weighted by molar-refractivity contribution is -0.152. The van der Waals surface area contributed by atoms with Gasteiger partial charge in [-0.15, -0.1) is 0 Å². The zero-order valence-corrected chi connectivity index (χ0v) is 32.6. The molecule has 0 amide bonds. The lowest BCUT2D eigenvalue weighted by atomic mass is 10.0. The van der Waals surface area contributed by atoms with E-state index >= 15 is 0 Å². The van der Waals surface area contributed by atoms with Gasteiger partial charge >= 0.3 is 11.9 Å². The molecule has 1 aliphatic rings. The van der Waals surface area contributed by atoms with Gasteiger partial charge in [-0.2, -0.15) is 0 Å². The number of esters is 2. The van der Waals surface area contributed by atoms with Gasteiger partial charge in [0.2, 0.25) is 0 Å². The van der Waals surface area contributed by atoms with Gasteiger partial charge in [0.05, 0.1) is 12.2 Å². The molecule has 3 atom stereocenters. The van der Waals surface area contributed by atoms with Crippen molar-refractivity contribution in [1.82, 2.24) is 0 Å². The van der Waals surface area contributed by atoms with Crippen LogP contribution in [-0.2, 0) is 23.8 Å². The molecule has 0 radical (unpaired) electrons. The Kier molecular flexibility index (Phi) is 32.7. The molecule has 1 aliphatic heterocycles. The summed E-state index contributed by atoms with van der Waals surface area (Å²) in [7, 11) is 0. The fourth-order valence-electron chi connectivity index (χ4n) is 6.23. The fraction of sp³-hybridized carbons (Fsp3) is 0.818. The van der Waals surface area contributed by atoms with Gasteiger partial charge < -0.3 is 19.3 Å². The molecule has 1 fully saturated rings. The molecule has 0 spiro atoms. The number of carbonyl (C=O) groups is 2. The maximum absolute atomic E-state index is 12.0. The Labute approximate surface area is 308 Å². The summed E-state index contributed by atoms with van der Waals surface area (Å²) in [6, 6.07) is 0. The Morgan fingerprint density at radius 1 is 0.540 bits per heavy atom. The van der Waals surface area contributed by atoms with Crippen LogP contribution >= 0.6 is 0 Å². The number of ether oxygens (including phenoxy) is 3. The SMILES string of the molecule is CCCCCCCCCCCCCCCCCCCCC(=O)OC[C@H](O)COC(=O)CCC/C=C\C/C=C\C/C=C\CC1OC1CCCCC. The first-order chi connectivity index (χ1) is 24.6. The van der Waals surface area contributed by atoms with E-state index in [-0.39, 0.29) is 25.2 Å². The molecule has 0 aromatic rings. The molecule has 1 saturated heterocycles. The maximum Gasteiger partial charge on any atom is 0.305 e. The van der Waals surface area contributed by atoms with Crippen LogP contribution in [-0.4, -0.2) is 48.6 Å². The van der Waals surface area contributed by atoms with Crippen LogP contribution in [0.1, 0.15) is 200 Å². The summed E-state index contributed by atoms with van der Waals surface area (Å²) in [6.45, 7) is 4.23. The van der Waals surface area contributed by atoms with Crippen molar-refractivity contribution in [3.8, 4) is 0 Å². The van der Waals surface area contributed by atoms with E-state index in [1.54, 1.807) is 0 Å². The summed E-state index contributed by atoms with van der Waals surface area (Å²) in [4.78, 5) is 24.0. The average molecular weight is 703 g/mol. The number of epoxide rings is 1. The molecule has 0 bridgehead atoms. The lowest BCUT2D eigenvalue weighted by Gasteiger charge is -2.12. The van der Waals surface area contributed by atoms with Crippen LogP contribution in [0.4, 0.5) is 0 Å². The number of hydrogen-bond donors (Lipinski definition) is 1. The Morgan fingerprint density at radius 3 is 1.48 bits per heavy atom. The number of allylic oxidation sites excluding steroid dienone is 5. The topological polar surface area (TPSA) is 85.4 Å². The molecule has 2 unspecified atom stereocenters. The smallest absolute Gasteiger partial charge is 0.305 e. The molecule has 290 valence electrons. The first kappa shape index (κ1) is 46.1. The molecule has 0 saturated carbocycles. The third kappa shape index (κ3) is 32.0. The van der Waals surface area contributed by atoms with Crippen molar-refractivity contribution < 1.29 is 28.9 Å². The van der Waals surface area contributed by atoms with Crippen LogP contribution in [0.2, 0.25) is 0 Å². The number of hydrogen-bond acceptors (Lipinski definition) is 6. The quantitative estimate of drug-likeness (QED) is 0.0300. The normalized spacial score (nSPS) is 16.5. The van der Waals surface area contributed by atoms with Crippen molar-refractivity contribution in [2.45, 2.75) is 218 Å². The summed E-state index contributed by atoms with van der Waals surface area (Å²) < 4.78 is 16.0. The molecule has 6 nitrogen and oxygen atoms in total. The summed E-state index contributed by atoms with van der Waals surface area (Å²) in [5.41, 5.74) is 0. The molecular weight excluding hydrogens is 624 g/mol. The molecule has 1 N–H and O–H groups in total. The van der Waals surface area contributed by atoms with E-state index in [1.165, 1.54) is 122 Å². The van der Waals surface area contributed by atoms with E-state index in [0.29, 0.717) is 31.5 Å². The monoisotopic (exact) mass is 703 g/mol. The molecule has 1 heterocycles. The molecule has 1 rings (SSSR count). The Hall–Kier alpha value is -1.92. The molecule has 0 aromatic carbocycles. The average Bonchev–Trinajstić information content (AvgIpc) is 3.87. The van der Waals surface area contributed by atoms with Crippen LogP contribution in [0, 0.1) is 0 Å². The van der Waals surface area contributed by atoms with Crippen LogP contribution in [0.3, 0.4) is 0 Å².